The molecule has 1 aromatic heterocycles. The molecule has 0 radical (unpaired) electrons. The highest BCUT2D eigenvalue weighted by Gasteiger charge is 2.16. The number of benzene rings is 1. The summed E-state index contributed by atoms with van der Waals surface area (Å²) in [6, 6.07) is 3.42. The Balaban J connectivity index is 2.16. The quantitative estimate of drug-likeness (QED) is 0.787. The van der Waals surface area contributed by atoms with Gasteiger partial charge in [0.1, 0.15) is 18.5 Å². The normalized spacial score (nSPS) is 19.2. The molecule has 3 rings (SSSR count). The van der Waals surface area contributed by atoms with Gasteiger partial charge in [-0.1, -0.05) is 0 Å². The van der Waals surface area contributed by atoms with Crippen LogP contribution in [0.4, 0.5) is 0 Å². The van der Waals surface area contributed by atoms with Gasteiger partial charge in [0.2, 0.25) is 0 Å². The molecule has 1 atom stereocenters. The fraction of sp³-hybridized carbons (Fsp3) is 0.429. The largest absolute Gasteiger partial charge is 0.487 e. The van der Waals surface area contributed by atoms with E-state index in [2.05, 4.69) is 9.97 Å². The first kappa shape index (κ1) is 12.9. The molecular formula is C14H16N2O4. The summed E-state index contributed by atoms with van der Waals surface area (Å²) in [5, 5.41) is 0.491. The van der Waals surface area contributed by atoms with Gasteiger partial charge in [0.05, 0.1) is 24.1 Å². The van der Waals surface area contributed by atoms with Crippen molar-refractivity contribution in [3.63, 3.8) is 0 Å². The van der Waals surface area contributed by atoms with Crippen LogP contribution in [0.25, 0.3) is 10.9 Å². The van der Waals surface area contributed by atoms with Crippen molar-refractivity contribution in [2.75, 3.05) is 19.8 Å². The van der Waals surface area contributed by atoms with Crippen molar-refractivity contribution in [3.05, 3.63) is 28.3 Å². The maximum atomic E-state index is 12.0. The van der Waals surface area contributed by atoms with Gasteiger partial charge in [0.15, 0.2) is 11.5 Å². The van der Waals surface area contributed by atoms with E-state index < -0.39 is 0 Å². The van der Waals surface area contributed by atoms with Crippen LogP contribution >= 0.6 is 0 Å². The van der Waals surface area contributed by atoms with Gasteiger partial charge >= 0.3 is 0 Å². The lowest BCUT2D eigenvalue weighted by Gasteiger charge is -2.15. The van der Waals surface area contributed by atoms with Crippen molar-refractivity contribution in [2.24, 2.45) is 0 Å². The summed E-state index contributed by atoms with van der Waals surface area (Å²) in [5.41, 5.74) is 0.420. The average Bonchev–Trinajstić information content (AvgIpc) is 2.46. The first-order valence-electron chi connectivity index (χ1n) is 6.55. The maximum absolute atomic E-state index is 12.0. The van der Waals surface area contributed by atoms with E-state index in [9.17, 15) is 4.79 Å². The monoisotopic (exact) mass is 276 g/mol. The Morgan fingerprint density at radius 2 is 2.15 bits per heavy atom. The van der Waals surface area contributed by atoms with Crippen LogP contribution in [-0.4, -0.2) is 35.9 Å². The minimum absolute atomic E-state index is 0.0870. The molecule has 1 unspecified atom stereocenters. The topological polar surface area (TPSA) is 73.4 Å². The second-order valence-electron chi connectivity index (χ2n) is 4.82. The van der Waals surface area contributed by atoms with E-state index >= 15 is 0 Å². The number of H-pyrrole nitrogens is 1. The predicted octanol–water partition coefficient (Wildman–Crippen LogP) is 1.41. The van der Waals surface area contributed by atoms with E-state index in [1.807, 2.05) is 6.92 Å². The molecule has 0 saturated heterocycles. The minimum atomic E-state index is -0.178. The van der Waals surface area contributed by atoms with E-state index in [1.165, 1.54) is 0 Å². The summed E-state index contributed by atoms with van der Waals surface area (Å²) in [6.45, 7) is 5.09. The lowest BCUT2D eigenvalue weighted by molar-refractivity contribution is 0.0546. The molecule has 1 aliphatic rings. The molecule has 1 N–H and O–H groups in total. The van der Waals surface area contributed by atoms with E-state index in [1.54, 1.807) is 19.1 Å². The fourth-order valence-corrected chi connectivity index (χ4v) is 2.18. The SMILES string of the molecule is Cc1nc2cc3c(cc2c(=O)[nH]1)OCCOCC(C)O3. The van der Waals surface area contributed by atoms with Crippen LogP contribution in [0.15, 0.2) is 16.9 Å². The maximum Gasteiger partial charge on any atom is 0.258 e. The van der Waals surface area contributed by atoms with E-state index in [0.717, 1.165) is 0 Å². The van der Waals surface area contributed by atoms with Crippen molar-refractivity contribution < 1.29 is 14.2 Å². The number of fused-ring (bicyclic) bond motifs is 2. The van der Waals surface area contributed by atoms with Crippen molar-refractivity contribution in [2.45, 2.75) is 20.0 Å². The van der Waals surface area contributed by atoms with Crippen LogP contribution in [0.5, 0.6) is 11.5 Å². The molecule has 20 heavy (non-hydrogen) atoms. The smallest absolute Gasteiger partial charge is 0.258 e. The summed E-state index contributed by atoms with van der Waals surface area (Å²) < 4.78 is 16.8. The van der Waals surface area contributed by atoms with Crippen molar-refractivity contribution in [1.29, 1.82) is 0 Å². The molecule has 1 aliphatic heterocycles. The van der Waals surface area contributed by atoms with Gasteiger partial charge in [-0.05, 0) is 19.9 Å². The van der Waals surface area contributed by atoms with Crippen LogP contribution in [0.1, 0.15) is 12.7 Å². The van der Waals surface area contributed by atoms with Gasteiger partial charge in [-0.15, -0.1) is 0 Å². The van der Waals surface area contributed by atoms with Crippen LogP contribution < -0.4 is 15.0 Å². The Kier molecular flexibility index (Phi) is 3.31. The summed E-state index contributed by atoms with van der Waals surface area (Å²) >= 11 is 0. The van der Waals surface area contributed by atoms with Crippen LogP contribution in [0.3, 0.4) is 0 Å². The highest BCUT2D eigenvalue weighted by Crippen LogP contribution is 2.32. The highest BCUT2D eigenvalue weighted by molar-refractivity contribution is 5.81. The number of aromatic amines is 1. The summed E-state index contributed by atoms with van der Waals surface area (Å²) in [6.07, 6.45) is -0.0870. The number of hydrogen-bond acceptors (Lipinski definition) is 5. The third kappa shape index (κ3) is 2.46. The zero-order chi connectivity index (χ0) is 14.1. The van der Waals surface area contributed by atoms with Crippen molar-refractivity contribution in [1.82, 2.24) is 9.97 Å². The zero-order valence-corrected chi connectivity index (χ0v) is 11.4. The molecule has 0 fully saturated rings. The number of ether oxygens (including phenoxy) is 3. The number of nitrogens with one attached hydrogen (secondary N) is 1. The molecule has 0 amide bonds. The number of rotatable bonds is 0. The molecule has 0 saturated carbocycles. The molecule has 6 nitrogen and oxygen atoms in total. The van der Waals surface area contributed by atoms with Gasteiger partial charge in [0.25, 0.3) is 5.56 Å². The molecule has 6 heteroatoms. The Morgan fingerprint density at radius 3 is 3.00 bits per heavy atom. The highest BCUT2D eigenvalue weighted by atomic mass is 16.6. The summed E-state index contributed by atoms with van der Waals surface area (Å²) in [4.78, 5) is 19.0. The van der Waals surface area contributed by atoms with Crippen LogP contribution in [0.2, 0.25) is 0 Å². The third-order valence-electron chi connectivity index (χ3n) is 3.06. The second kappa shape index (κ2) is 5.13. The van der Waals surface area contributed by atoms with Gasteiger partial charge in [0, 0.05) is 6.07 Å². The number of nitrogens with zero attached hydrogens (tertiary/aromatic N) is 1. The van der Waals surface area contributed by atoms with E-state index in [-0.39, 0.29) is 11.7 Å². The summed E-state index contributed by atoms with van der Waals surface area (Å²) in [7, 11) is 0. The van der Waals surface area contributed by atoms with Gasteiger partial charge in [-0.25, -0.2) is 4.98 Å². The van der Waals surface area contributed by atoms with E-state index in [0.29, 0.717) is 48.0 Å². The first-order chi connectivity index (χ1) is 9.63. The Bertz CT molecular complexity index is 695. The van der Waals surface area contributed by atoms with Gasteiger partial charge < -0.3 is 19.2 Å². The minimum Gasteiger partial charge on any atom is -0.487 e. The number of aryl methyl sites for hydroxylation is 1. The molecule has 0 bridgehead atoms. The van der Waals surface area contributed by atoms with Crippen molar-refractivity contribution >= 4 is 10.9 Å². The van der Waals surface area contributed by atoms with Crippen LogP contribution in [0, 0.1) is 6.92 Å². The molecular weight excluding hydrogens is 260 g/mol. The lowest BCUT2D eigenvalue weighted by Crippen LogP contribution is -2.19. The lowest BCUT2D eigenvalue weighted by atomic mass is 10.2. The fourth-order valence-electron chi connectivity index (χ4n) is 2.18. The molecule has 2 heterocycles. The average molecular weight is 276 g/mol. The van der Waals surface area contributed by atoms with Gasteiger partial charge in [-0.3, -0.25) is 4.79 Å². The predicted molar refractivity (Wildman–Crippen MR) is 73.5 cm³/mol. The van der Waals surface area contributed by atoms with E-state index in [4.69, 9.17) is 14.2 Å². The number of aromatic nitrogens is 2. The molecule has 1 aromatic carbocycles. The zero-order valence-electron chi connectivity index (χ0n) is 11.4. The Hall–Kier alpha value is -2.08. The first-order valence-corrected chi connectivity index (χ1v) is 6.55. The van der Waals surface area contributed by atoms with Gasteiger partial charge in [-0.2, -0.15) is 0 Å². The second-order valence-corrected chi connectivity index (χ2v) is 4.82. The molecule has 106 valence electrons. The molecule has 0 spiro atoms. The van der Waals surface area contributed by atoms with Crippen molar-refractivity contribution in [3.8, 4) is 11.5 Å². The molecule has 2 aromatic rings. The summed E-state index contributed by atoms with van der Waals surface area (Å²) in [5.74, 6) is 1.71. The Morgan fingerprint density at radius 1 is 1.30 bits per heavy atom. The number of hydrogen-bond donors (Lipinski definition) is 1. The molecule has 0 aliphatic carbocycles. The standard InChI is InChI=1S/C14H16N2O4/c1-8-7-18-3-4-19-12-5-10-11(6-13(12)20-8)15-9(2)16-14(10)17/h5-6,8H,3-4,7H2,1-2H3,(H,15,16,17). The Labute approximate surface area is 115 Å². The third-order valence-corrected chi connectivity index (χ3v) is 3.06. The van der Waals surface area contributed by atoms with Crippen LogP contribution in [-0.2, 0) is 4.74 Å².